The van der Waals surface area contributed by atoms with Crippen molar-refractivity contribution in [3.05, 3.63) is 117 Å². The SMILES string of the molecule is COC(=O)C1=C(C(=O)OC)C2(C(=O)N(Cc3ccccc3)c3ccc(Cl)cc32)N(c2ccc(C)cc2)C2=C1C(=O)CCC2. The highest BCUT2D eigenvalue weighted by atomic mass is 35.5. The quantitative estimate of drug-likeness (QED) is 0.356. The number of rotatable bonds is 5. The topological polar surface area (TPSA) is 93.2 Å². The lowest BCUT2D eigenvalue weighted by Gasteiger charge is -2.48. The summed E-state index contributed by atoms with van der Waals surface area (Å²) in [4.78, 5) is 59.9. The number of allylic oxidation sites excluding steroid dienone is 1. The zero-order valence-electron chi connectivity index (χ0n) is 24.0. The third kappa shape index (κ3) is 4.28. The average Bonchev–Trinajstić information content (AvgIpc) is 3.23. The number of esters is 2. The molecule has 2 aliphatic heterocycles. The zero-order chi connectivity index (χ0) is 30.5. The van der Waals surface area contributed by atoms with Gasteiger partial charge in [-0.15, -0.1) is 0 Å². The number of benzene rings is 3. The first-order valence-electron chi connectivity index (χ1n) is 13.9. The second kappa shape index (κ2) is 10.9. The second-order valence-electron chi connectivity index (χ2n) is 10.8. The number of methoxy groups -OCH3 is 2. The molecule has 3 aromatic rings. The summed E-state index contributed by atoms with van der Waals surface area (Å²) < 4.78 is 10.5. The minimum atomic E-state index is -1.93. The van der Waals surface area contributed by atoms with E-state index in [1.807, 2.05) is 61.5 Å². The van der Waals surface area contributed by atoms with Crippen molar-refractivity contribution in [3.8, 4) is 0 Å². The van der Waals surface area contributed by atoms with Gasteiger partial charge in [0.05, 0.1) is 43.2 Å². The molecule has 1 spiro atoms. The molecule has 0 N–H and O–H groups in total. The van der Waals surface area contributed by atoms with Gasteiger partial charge >= 0.3 is 11.9 Å². The lowest BCUT2D eigenvalue weighted by Crippen LogP contribution is -2.59. The van der Waals surface area contributed by atoms with Crippen LogP contribution in [0.15, 0.2) is 95.2 Å². The molecule has 2 heterocycles. The number of hydrogen-bond acceptors (Lipinski definition) is 7. The number of hydrogen-bond donors (Lipinski definition) is 0. The summed E-state index contributed by atoms with van der Waals surface area (Å²) in [6.07, 6.45) is 1.06. The second-order valence-corrected chi connectivity index (χ2v) is 11.2. The number of amides is 1. The molecule has 9 heteroatoms. The first-order chi connectivity index (χ1) is 20.7. The van der Waals surface area contributed by atoms with Crippen LogP contribution in [0, 0.1) is 6.92 Å². The highest BCUT2D eigenvalue weighted by Gasteiger charge is 2.64. The highest BCUT2D eigenvalue weighted by Crippen LogP contribution is 2.58. The van der Waals surface area contributed by atoms with E-state index in [1.165, 1.54) is 14.2 Å². The summed E-state index contributed by atoms with van der Waals surface area (Å²) in [6.45, 7) is 2.13. The fourth-order valence-corrected chi connectivity index (χ4v) is 6.66. The van der Waals surface area contributed by atoms with Gasteiger partial charge < -0.3 is 19.3 Å². The van der Waals surface area contributed by atoms with Crippen molar-refractivity contribution >= 4 is 46.6 Å². The maximum absolute atomic E-state index is 15.3. The van der Waals surface area contributed by atoms with Crippen LogP contribution in [0.5, 0.6) is 0 Å². The van der Waals surface area contributed by atoms with E-state index in [2.05, 4.69) is 0 Å². The Hall–Kier alpha value is -4.69. The number of ether oxygens (including phenoxy) is 2. The molecular weight excluding hydrogens is 568 g/mol. The Morgan fingerprint density at radius 2 is 1.60 bits per heavy atom. The maximum Gasteiger partial charge on any atom is 0.339 e. The van der Waals surface area contributed by atoms with Gasteiger partial charge in [0.2, 0.25) is 0 Å². The van der Waals surface area contributed by atoms with Crippen molar-refractivity contribution < 1.29 is 28.7 Å². The van der Waals surface area contributed by atoms with Crippen LogP contribution in [-0.2, 0) is 40.7 Å². The third-order valence-corrected chi connectivity index (χ3v) is 8.54. The Labute approximate surface area is 254 Å². The predicted molar refractivity (Wildman–Crippen MR) is 161 cm³/mol. The van der Waals surface area contributed by atoms with Crippen LogP contribution in [0.2, 0.25) is 5.02 Å². The van der Waals surface area contributed by atoms with Gasteiger partial charge in [0.25, 0.3) is 5.91 Å². The Morgan fingerprint density at radius 3 is 2.28 bits per heavy atom. The number of nitrogens with zero attached hydrogens (tertiary/aromatic N) is 2. The Morgan fingerprint density at radius 1 is 0.907 bits per heavy atom. The predicted octanol–water partition coefficient (Wildman–Crippen LogP) is 5.56. The molecule has 0 aromatic heterocycles. The summed E-state index contributed by atoms with van der Waals surface area (Å²) in [6, 6.07) is 22.0. The van der Waals surface area contributed by atoms with E-state index in [0.717, 1.165) is 11.1 Å². The fraction of sp³-hybridized carbons (Fsp3) is 0.235. The average molecular weight is 597 g/mol. The third-order valence-electron chi connectivity index (χ3n) is 8.30. The summed E-state index contributed by atoms with van der Waals surface area (Å²) in [5.74, 6) is -2.62. The monoisotopic (exact) mass is 596 g/mol. The molecule has 6 rings (SSSR count). The van der Waals surface area contributed by atoms with Crippen LogP contribution in [0.3, 0.4) is 0 Å². The Kier molecular flexibility index (Phi) is 7.18. The summed E-state index contributed by atoms with van der Waals surface area (Å²) in [5, 5.41) is 0.333. The number of fused-ring (bicyclic) bond motifs is 2. The number of ketones is 1. The molecule has 3 aliphatic rings. The molecule has 0 fully saturated rings. The van der Waals surface area contributed by atoms with E-state index in [0.29, 0.717) is 40.5 Å². The van der Waals surface area contributed by atoms with Crippen LogP contribution in [-0.4, -0.2) is 37.8 Å². The molecule has 1 atom stereocenters. The normalized spacial score (nSPS) is 19.5. The molecular formula is C34H29ClN2O6. The first kappa shape index (κ1) is 28.4. The Bertz CT molecular complexity index is 1740. The molecule has 1 unspecified atom stereocenters. The van der Waals surface area contributed by atoms with E-state index < -0.39 is 23.4 Å². The minimum Gasteiger partial charge on any atom is -0.466 e. The number of anilines is 2. The van der Waals surface area contributed by atoms with Gasteiger partial charge in [-0.25, -0.2) is 9.59 Å². The molecule has 43 heavy (non-hydrogen) atoms. The van der Waals surface area contributed by atoms with Crippen LogP contribution in [0.4, 0.5) is 11.4 Å². The molecule has 0 saturated heterocycles. The van der Waals surface area contributed by atoms with E-state index in [-0.39, 0.29) is 35.5 Å². The standard InChI is InChI=1S/C34H29ClN2O6/c1-20-12-15-23(16-13-20)37-26-10-7-11-27(38)28(26)29(31(39)42-2)30(32(40)43-3)34(37)24-18-22(35)14-17-25(24)36(33(34)41)19-21-8-5-4-6-9-21/h4-6,8-9,12-18H,7,10-11,19H2,1-3H3. The van der Waals surface area contributed by atoms with Gasteiger partial charge in [-0.05, 0) is 55.7 Å². The van der Waals surface area contributed by atoms with Crippen molar-refractivity contribution in [2.75, 3.05) is 24.0 Å². The van der Waals surface area contributed by atoms with Crippen molar-refractivity contribution in [2.24, 2.45) is 0 Å². The van der Waals surface area contributed by atoms with E-state index >= 15 is 4.79 Å². The molecule has 0 bridgehead atoms. The summed E-state index contributed by atoms with van der Waals surface area (Å²) in [7, 11) is 2.36. The molecule has 1 amide bonds. The van der Waals surface area contributed by atoms with E-state index in [4.69, 9.17) is 21.1 Å². The largest absolute Gasteiger partial charge is 0.466 e. The zero-order valence-corrected chi connectivity index (χ0v) is 24.7. The molecule has 3 aromatic carbocycles. The van der Waals surface area contributed by atoms with Crippen LogP contribution in [0.1, 0.15) is 36.0 Å². The first-order valence-corrected chi connectivity index (χ1v) is 14.3. The number of carbonyl (C=O) groups excluding carboxylic acids is 4. The maximum atomic E-state index is 15.3. The van der Waals surface area contributed by atoms with Gasteiger partial charge in [0, 0.05) is 28.4 Å². The van der Waals surface area contributed by atoms with Gasteiger partial charge in [-0.3, -0.25) is 9.59 Å². The van der Waals surface area contributed by atoms with Crippen molar-refractivity contribution in [2.45, 2.75) is 38.3 Å². The number of aryl methyl sites for hydroxylation is 1. The summed E-state index contributed by atoms with van der Waals surface area (Å²) in [5.41, 5.74) is 1.40. The lowest BCUT2D eigenvalue weighted by atomic mass is 9.71. The van der Waals surface area contributed by atoms with Crippen LogP contribution < -0.4 is 9.80 Å². The van der Waals surface area contributed by atoms with Crippen LogP contribution in [0.25, 0.3) is 0 Å². The van der Waals surface area contributed by atoms with Crippen molar-refractivity contribution in [1.29, 1.82) is 0 Å². The minimum absolute atomic E-state index is 0.0718. The van der Waals surface area contributed by atoms with Gasteiger partial charge in [0.1, 0.15) is 0 Å². The fourth-order valence-electron chi connectivity index (χ4n) is 6.49. The van der Waals surface area contributed by atoms with Crippen LogP contribution >= 0.6 is 11.6 Å². The molecule has 0 radical (unpaired) electrons. The van der Waals surface area contributed by atoms with Crippen molar-refractivity contribution in [1.82, 2.24) is 0 Å². The van der Waals surface area contributed by atoms with Gasteiger partial charge in [-0.2, -0.15) is 0 Å². The number of Topliss-reactive ketones (excluding diaryl/α,β-unsaturated/α-hetero) is 1. The highest BCUT2D eigenvalue weighted by molar-refractivity contribution is 6.31. The van der Waals surface area contributed by atoms with Gasteiger partial charge in [-0.1, -0.05) is 59.6 Å². The van der Waals surface area contributed by atoms with E-state index in [1.54, 1.807) is 28.0 Å². The molecule has 1 aliphatic carbocycles. The summed E-state index contributed by atoms with van der Waals surface area (Å²) >= 11 is 6.61. The number of halogens is 1. The molecule has 0 saturated carbocycles. The smallest absolute Gasteiger partial charge is 0.339 e. The Balaban J connectivity index is 1.77. The molecule has 8 nitrogen and oxygen atoms in total. The molecule has 218 valence electrons. The van der Waals surface area contributed by atoms with Crippen molar-refractivity contribution in [3.63, 3.8) is 0 Å². The number of carbonyl (C=O) groups is 4. The van der Waals surface area contributed by atoms with Gasteiger partial charge in [0.15, 0.2) is 11.3 Å². The lowest BCUT2D eigenvalue weighted by molar-refractivity contribution is -0.141. The van der Waals surface area contributed by atoms with E-state index in [9.17, 15) is 14.4 Å².